The van der Waals surface area contributed by atoms with E-state index in [9.17, 15) is 10.2 Å². The summed E-state index contributed by atoms with van der Waals surface area (Å²) in [6, 6.07) is 0. The minimum absolute atomic E-state index is 0.243. The third-order valence-electron chi connectivity index (χ3n) is 1.55. The monoisotopic (exact) mass is 116 g/mol. The molecule has 0 spiro atoms. The molecule has 0 amide bonds. The zero-order chi connectivity index (χ0) is 6.62. The summed E-state index contributed by atoms with van der Waals surface area (Å²) >= 11 is 0. The van der Waals surface area contributed by atoms with Gasteiger partial charge in [0, 0.05) is 5.41 Å². The Kier molecular flexibility index (Phi) is 3.02. The van der Waals surface area contributed by atoms with Gasteiger partial charge < -0.3 is 0 Å². The third-order valence-corrected chi connectivity index (χ3v) is 1.55. The Morgan fingerprint density at radius 1 is 1.25 bits per heavy atom. The van der Waals surface area contributed by atoms with Gasteiger partial charge in [-0.3, -0.25) is 0 Å². The van der Waals surface area contributed by atoms with Gasteiger partial charge in [-0.1, -0.05) is 13.8 Å². The van der Waals surface area contributed by atoms with Crippen LogP contribution in [0.5, 0.6) is 0 Å². The molecule has 0 unspecified atom stereocenters. The van der Waals surface area contributed by atoms with E-state index in [1.165, 1.54) is 0 Å². The molecule has 0 N–H and O–H groups in total. The van der Waals surface area contributed by atoms with E-state index in [0.717, 1.165) is 0 Å². The first-order valence-corrected chi connectivity index (χ1v) is 2.85. The van der Waals surface area contributed by atoms with Crippen molar-refractivity contribution in [2.75, 3.05) is 13.2 Å². The Morgan fingerprint density at radius 3 is 1.62 bits per heavy atom. The first kappa shape index (κ1) is 7.92. The molecule has 0 atom stereocenters. The topological polar surface area (TPSA) is 39.8 Å². The van der Waals surface area contributed by atoms with E-state index in [1.807, 2.05) is 6.92 Å². The molecule has 0 saturated carbocycles. The zero-order valence-corrected chi connectivity index (χ0v) is 5.44. The summed E-state index contributed by atoms with van der Waals surface area (Å²) in [4.78, 5) is 0. The van der Waals surface area contributed by atoms with Gasteiger partial charge >= 0.3 is 0 Å². The summed E-state index contributed by atoms with van der Waals surface area (Å²) in [5.41, 5.74) is -0.486. The van der Waals surface area contributed by atoms with Crippen LogP contribution in [0.4, 0.5) is 0 Å². The van der Waals surface area contributed by atoms with Gasteiger partial charge in [-0.15, -0.1) is 0 Å². The highest BCUT2D eigenvalue weighted by Crippen LogP contribution is 2.18. The fourth-order valence-electron chi connectivity index (χ4n) is 0.246. The first-order chi connectivity index (χ1) is 3.68. The van der Waals surface area contributed by atoms with Gasteiger partial charge in [-0.05, 0) is 6.42 Å². The molecule has 0 aromatic heterocycles. The van der Waals surface area contributed by atoms with Gasteiger partial charge in [-0.2, -0.15) is 0 Å². The highest BCUT2D eigenvalue weighted by molar-refractivity contribution is 4.68. The van der Waals surface area contributed by atoms with Crippen LogP contribution in [-0.4, -0.2) is 13.2 Å². The molecule has 48 valence electrons. The van der Waals surface area contributed by atoms with Crippen molar-refractivity contribution in [2.24, 2.45) is 5.41 Å². The van der Waals surface area contributed by atoms with E-state index < -0.39 is 5.41 Å². The van der Waals surface area contributed by atoms with Crippen molar-refractivity contribution in [3.8, 4) is 0 Å². The highest BCUT2D eigenvalue weighted by Gasteiger charge is 2.20. The summed E-state index contributed by atoms with van der Waals surface area (Å²) in [6.07, 6.45) is 0.694. The molecule has 0 saturated heterocycles. The Hall–Kier alpha value is -0.0800. The molecule has 2 radical (unpaired) electrons. The maximum Gasteiger partial charge on any atom is 0.0899 e. The summed E-state index contributed by atoms with van der Waals surface area (Å²) < 4.78 is 0. The number of hydrogen-bond donors (Lipinski definition) is 0. The van der Waals surface area contributed by atoms with Crippen molar-refractivity contribution in [3.05, 3.63) is 0 Å². The van der Waals surface area contributed by atoms with Gasteiger partial charge in [0.1, 0.15) is 0 Å². The Labute approximate surface area is 50.2 Å². The van der Waals surface area contributed by atoms with E-state index in [0.29, 0.717) is 6.42 Å². The number of rotatable bonds is 3. The molecule has 2 nitrogen and oxygen atoms in total. The van der Waals surface area contributed by atoms with E-state index in [1.54, 1.807) is 6.92 Å². The average molecular weight is 116 g/mol. The van der Waals surface area contributed by atoms with Crippen LogP contribution in [0.15, 0.2) is 0 Å². The molecule has 0 aliphatic heterocycles. The van der Waals surface area contributed by atoms with Crippen LogP contribution in [-0.2, 0) is 10.2 Å². The third kappa shape index (κ3) is 1.80. The summed E-state index contributed by atoms with van der Waals surface area (Å²) in [6.45, 7) is 3.11. The second kappa shape index (κ2) is 3.05. The minimum Gasteiger partial charge on any atom is -0.236 e. The van der Waals surface area contributed by atoms with Gasteiger partial charge in [0.05, 0.1) is 13.2 Å². The zero-order valence-electron chi connectivity index (χ0n) is 5.44. The van der Waals surface area contributed by atoms with Crippen molar-refractivity contribution in [1.82, 2.24) is 0 Å². The highest BCUT2D eigenvalue weighted by atomic mass is 16.3. The van der Waals surface area contributed by atoms with E-state index >= 15 is 0 Å². The Balaban J connectivity index is 3.58. The molecule has 0 aliphatic carbocycles. The van der Waals surface area contributed by atoms with Crippen LogP contribution in [0.3, 0.4) is 0 Å². The van der Waals surface area contributed by atoms with E-state index in [4.69, 9.17) is 0 Å². The smallest absolute Gasteiger partial charge is 0.0899 e. The lowest BCUT2D eigenvalue weighted by Crippen LogP contribution is -2.23. The summed E-state index contributed by atoms with van der Waals surface area (Å²) in [7, 11) is 0. The molecule has 0 aromatic carbocycles. The van der Waals surface area contributed by atoms with Crippen molar-refractivity contribution in [2.45, 2.75) is 20.3 Å². The fourth-order valence-corrected chi connectivity index (χ4v) is 0.246. The van der Waals surface area contributed by atoms with Crippen molar-refractivity contribution in [1.29, 1.82) is 0 Å². The molecule has 0 bridgehead atoms. The molecule has 8 heavy (non-hydrogen) atoms. The Bertz CT molecular complexity index is 49.3. The van der Waals surface area contributed by atoms with Crippen LogP contribution in [0.1, 0.15) is 20.3 Å². The Morgan fingerprint density at radius 2 is 1.62 bits per heavy atom. The lowest BCUT2D eigenvalue weighted by molar-refractivity contribution is 0.00380. The van der Waals surface area contributed by atoms with Crippen molar-refractivity contribution >= 4 is 0 Å². The second-order valence-corrected chi connectivity index (χ2v) is 2.45. The molecule has 0 aliphatic rings. The van der Waals surface area contributed by atoms with Crippen LogP contribution in [0.2, 0.25) is 0 Å². The molecule has 0 fully saturated rings. The van der Waals surface area contributed by atoms with E-state index in [2.05, 4.69) is 0 Å². The predicted octanol–water partition coefficient (Wildman–Crippen LogP) is 1.26. The maximum atomic E-state index is 10.2. The van der Waals surface area contributed by atoms with Crippen LogP contribution >= 0.6 is 0 Å². The summed E-state index contributed by atoms with van der Waals surface area (Å²) in [5, 5.41) is 20.4. The maximum absolute atomic E-state index is 10.2. The molecule has 0 heterocycles. The van der Waals surface area contributed by atoms with Crippen molar-refractivity contribution in [3.63, 3.8) is 0 Å². The second-order valence-electron chi connectivity index (χ2n) is 2.45. The van der Waals surface area contributed by atoms with Gasteiger partial charge in [0.2, 0.25) is 0 Å². The normalized spacial score (nSPS) is 12.0. The molecular formula is C6H12O2. The lowest BCUT2D eigenvalue weighted by Gasteiger charge is -2.18. The van der Waals surface area contributed by atoms with Crippen molar-refractivity contribution < 1.29 is 10.2 Å². The molecule has 0 aromatic rings. The number of hydrogen-bond acceptors (Lipinski definition) is 0. The van der Waals surface area contributed by atoms with E-state index in [-0.39, 0.29) is 13.2 Å². The van der Waals surface area contributed by atoms with Crippen LogP contribution in [0.25, 0.3) is 0 Å². The minimum atomic E-state index is -0.486. The molecule has 2 heteroatoms. The predicted molar refractivity (Wildman–Crippen MR) is 29.5 cm³/mol. The van der Waals surface area contributed by atoms with Crippen LogP contribution < -0.4 is 0 Å². The molecule has 0 rings (SSSR count). The van der Waals surface area contributed by atoms with Gasteiger partial charge in [-0.25, -0.2) is 10.2 Å². The SMILES string of the molecule is CCC(C)(C[O])C[O]. The van der Waals surface area contributed by atoms with Gasteiger partial charge in [0.15, 0.2) is 0 Å². The first-order valence-electron chi connectivity index (χ1n) is 2.85. The summed E-state index contributed by atoms with van der Waals surface area (Å²) in [5.74, 6) is 0. The molecular weight excluding hydrogens is 104 g/mol. The standard InChI is InChI=1S/C6H12O2/c1-3-6(2,4-7)5-8/h3-5H2,1-2H3. The quantitative estimate of drug-likeness (QED) is 0.532. The fraction of sp³-hybridized carbons (Fsp3) is 1.00. The van der Waals surface area contributed by atoms with Gasteiger partial charge in [0.25, 0.3) is 0 Å². The lowest BCUT2D eigenvalue weighted by atomic mass is 9.90. The average Bonchev–Trinajstić information content (AvgIpc) is 1.87. The largest absolute Gasteiger partial charge is 0.236 e. The van der Waals surface area contributed by atoms with Crippen LogP contribution in [0, 0.1) is 5.41 Å².